The first kappa shape index (κ1) is 12.2. The fraction of sp³-hybridized carbons (Fsp3) is 1.00. The van der Waals surface area contributed by atoms with Crippen LogP contribution in [0.4, 0.5) is 0 Å². The largest absolute Gasteiger partial charge is 0.273 e. The smallest absolute Gasteiger partial charge is 0.236 e. The van der Waals surface area contributed by atoms with Gasteiger partial charge in [-0.25, -0.2) is 0 Å². The highest BCUT2D eigenvalue weighted by atomic mass is 35.6. The van der Waals surface area contributed by atoms with Gasteiger partial charge in [0.15, 0.2) is 0 Å². The van der Waals surface area contributed by atoms with Crippen molar-refractivity contribution in [3.8, 4) is 0 Å². The van der Waals surface area contributed by atoms with Crippen molar-refractivity contribution in [2.45, 2.75) is 3.53 Å². The van der Waals surface area contributed by atoms with E-state index >= 15 is 0 Å². The molecule has 0 spiro atoms. The Balaban J connectivity index is 4.35. The topological polar surface area (TPSA) is 6.48 Å². The van der Waals surface area contributed by atoms with Crippen LogP contribution in [0.25, 0.3) is 0 Å². The molecule has 2 nitrogen and oxygen atoms in total. The summed E-state index contributed by atoms with van der Waals surface area (Å²) in [6.45, 7) is 0. The van der Waals surface area contributed by atoms with Crippen LogP contribution in [0.3, 0.4) is 0 Å². The molecule has 6 heteroatoms. The first-order chi connectivity index (χ1) is 4.76. The summed E-state index contributed by atoms with van der Waals surface area (Å²) in [5.41, 5.74) is 0. The van der Waals surface area contributed by atoms with Crippen molar-refractivity contribution >= 4 is 43.0 Å². The molecule has 0 saturated heterocycles. The Morgan fingerprint density at radius 3 is 1.18 bits per heavy atom. The van der Waals surface area contributed by atoms with Gasteiger partial charge in [-0.1, -0.05) is 34.8 Å². The third kappa shape index (κ3) is 4.12. The van der Waals surface area contributed by atoms with E-state index in [1.54, 1.807) is 0 Å². The zero-order valence-corrected chi connectivity index (χ0v) is 10.1. The number of halogens is 3. The lowest BCUT2D eigenvalue weighted by Crippen LogP contribution is -2.24. The fourth-order valence-corrected chi connectivity index (χ4v) is 5.16. The fourth-order valence-electron chi connectivity index (χ4n) is 0.811. The van der Waals surface area contributed by atoms with E-state index < -0.39 is 11.8 Å². The Morgan fingerprint density at radius 1 is 0.909 bits per heavy atom. The standard InChI is InChI=1S/C5H12Cl3N2P/c1-9(2)11(10(3)4)5(6,7)8/h1-4H3. The molecule has 0 aromatic heterocycles. The Bertz CT molecular complexity index is 115. The van der Waals surface area contributed by atoms with E-state index in [2.05, 4.69) is 0 Å². The summed E-state index contributed by atoms with van der Waals surface area (Å²) in [5, 5.41) is 0. The van der Waals surface area contributed by atoms with E-state index in [0.29, 0.717) is 0 Å². The van der Waals surface area contributed by atoms with Gasteiger partial charge in [-0.2, -0.15) is 0 Å². The number of hydrogen-bond acceptors (Lipinski definition) is 2. The van der Waals surface area contributed by atoms with Crippen LogP contribution in [0.15, 0.2) is 0 Å². The van der Waals surface area contributed by atoms with Gasteiger partial charge in [0.1, 0.15) is 0 Å². The third-order valence-electron chi connectivity index (χ3n) is 0.985. The maximum absolute atomic E-state index is 5.77. The molecule has 11 heavy (non-hydrogen) atoms. The van der Waals surface area contributed by atoms with Crippen molar-refractivity contribution in [2.24, 2.45) is 0 Å². The Hall–Kier alpha value is 1.22. The van der Waals surface area contributed by atoms with Crippen molar-refractivity contribution in [3.63, 3.8) is 0 Å². The third-order valence-corrected chi connectivity index (χ3v) is 4.31. The van der Waals surface area contributed by atoms with Gasteiger partial charge < -0.3 is 0 Å². The lowest BCUT2D eigenvalue weighted by molar-refractivity contribution is 0.573. The Kier molecular flexibility index (Phi) is 4.95. The Labute approximate surface area is 84.2 Å². The summed E-state index contributed by atoms with van der Waals surface area (Å²) in [5.74, 6) is 0. The quantitative estimate of drug-likeness (QED) is 0.538. The second-order valence-electron chi connectivity index (χ2n) is 2.45. The molecule has 0 atom stereocenters. The minimum absolute atomic E-state index is 0.857. The van der Waals surface area contributed by atoms with Crippen molar-refractivity contribution in [1.82, 2.24) is 9.34 Å². The molecular weight excluding hydrogens is 225 g/mol. The highest BCUT2D eigenvalue weighted by Gasteiger charge is 2.36. The first-order valence-corrected chi connectivity index (χ1v) is 5.36. The van der Waals surface area contributed by atoms with Gasteiger partial charge in [0.2, 0.25) is 3.53 Å². The molecule has 0 aromatic rings. The maximum atomic E-state index is 5.77. The minimum Gasteiger partial charge on any atom is -0.273 e. The maximum Gasteiger partial charge on any atom is 0.236 e. The SMILES string of the molecule is CN(C)P(N(C)C)C(Cl)(Cl)Cl. The zero-order valence-electron chi connectivity index (χ0n) is 6.98. The van der Waals surface area contributed by atoms with Crippen LogP contribution in [-0.4, -0.2) is 41.1 Å². The summed E-state index contributed by atoms with van der Waals surface area (Å²) in [6.07, 6.45) is 0. The molecule has 0 amide bonds. The molecular formula is C5H12Cl3N2P. The molecule has 0 radical (unpaired) electrons. The number of alkyl halides is 3. The van der Waals surface area contributed by atoms with Gasteiger partial charge in [0, 0.05) is 0 Å². The number of hydrogen-bond donors (Lipinski definition) is 0. The number of nitrogens with zero attached hydrogens (tertiary/aromatic N) is 2. The molecule has 0 aliphatic carbocycles. The van der Waals surface area contributed by atoms with Gasteiger partial charge in [0.05, 0.1) is 8.22 Å². The van der Waals surface area contributed by atoms with Gasteiger partial charge in [-0.05, 0) is 28.2 Å². The van der Waals surface area contributed by atoms with Crippen molar-refractivity contribution in [3.05, 3.63) is 0 Å². The van der Waals surface area contributed by atoms with Gasteiger partial charge >= 0.3 is 0 Å². The predicted molar refractivity (Wildman–Crippen MR) is 54.6 cm³/mol. The van der Waals surface area contributed by atoms with E-state index in [9.17, 15) is 0 Å². The molecule has 0 aliphatic rings. The lowest BCUT2D eigenvalue weighted by Gasteiger charge is -2.34. The molecule has 0 saturated carbocycles. The van der Waals surface area contributed by atoms with Crippen molar-refractivity contribution in [2.75, 3.05) is 28.2 Å². The molecule has 0 bridgehead atoms. The molecule has 0 aliphatic heterocycles. The summed E-state index contributed by atoms with van der Waals surface area (Å²) >= 11 is 17.3. The monoisotopic (exact) mass is 236 g/mol. The lowest BCUT2D eigenvalue weighted by atomic mass is 11.3. The van der Waals surface area contributed by atoms with E-state index in [4.69, 9.17) is 34.8 Å². The molecule has 0 N–H and O–H groups in total. The molecule has 0 heterocycles. The zero-order chi connectivity index (χ0) is 9.23. The van der Waals surface area contributed by atoms with Crippen LogP contribution in [0.2, 0.25) is 0 Å². The highest BCUT2D eigenvalue weighted by molar-refractivity contribution is 7.61. The first-order valence-electron chi connectivity index (χ1n) is 2.98. The average molecular weight is 237 g/mol. The second-order valence-corrected chi connectivity index (χ2v) is 8.37. The Morgan fingerprint density at radius 2 is 1.18 bits per heavy atom. The summed E-state index contributed by atoms with van der Waals surface area (Å²) < 4.78 is 2.63. The molecule has 0 unspecified atom stereocenters. The molecule has 0 fully saturated rings. The van der Waals surface area contributed by atoms with Gasteiger partial charge in [-0.3, -0.25) is 9.34 Å². The molecule has 68 valence electrons. The van der Waals surface area contributed by atoms with Crippen LogP contribution >= 0.6 is 43.0 Å². The average Bonchev–Trinajstić information content (AvgIpc) is 1.54. The van der Waals surface area contributed by atoms with Gasteiger partial charge in [0.25, 0.3) is 0 Å². The normalized spacial score (nSPS) is 13.6. The summed E-state index contributed by atoms with van der Waals surface area (Å²) in [4.78, 5) is 0. The predicted octanol–water partition coefficient (Wildman–Crippen LogP) is 2.75. The summed E-state index contributed by atoms with van der Waals surface area (Å²) in [7, 11) is 6.73. The van der Waals surface area contributed by atoms with Crippen molar-refractivity contribution < 1.29 is 0 Å². The van der Waals surface area contributed by atoms with Crippen molar-refractivity contribution in [1.29, 1.82) is 0 Å². The van der Waals surface area contributed by atoms with E-state index in [1.165, 1.54) is 0 Å². The van der Waals surface area contributed by atoms with Crippen LogP contribution in [-0.2, 0) is 0 Å². The van der Waals surface area contributed by atoms with E-state index in [-0.39, 0.29) is 0 Å². The minimum atomic E-state index is -1.21. The summed E-state index contributed by atoms with van der Waals surface area (Å²) in [6, 6.07) is 0. The van der Waals surface area contributed by atoms with E-state index in [0.717, 1.165) is 0 Å². The second kappa shape index (κ2) is 4.45. The molecule has 0 rings (SSSR count). The van der Waals surface area contributed by atoms with Crippen LogP contribution in [0, 0.1) is 0 Å². The van der Waals surface area contributed by atoms with E-state index in [1.807, 2.05) is 37.5 Å². The van der Waals surface area contributed by atoms with Crippen LogP contribution in [0.5, 0.6) is 0 Å². The van der Waals surface area contributed by atoms with Gasteiger partial charge in [-0.15, -0.1) is 0 Å². The van der Waals surface area contributed by atoms with Crippen LogP contribution < -0.4 is 0 Å². The molecule has 0 aromatic carbocycles. The number of rotatable bonds is 2. The van der Waals surface area contributed by atoms with Crippen LogP contribution in [0.1, 0.15) is 0 Å². The highest BCUT2D eigenvalue weighted by Crippen LogP contribution is 2.60.